The van der Waals surface area contributed by atoms with Crippen LogP contribution in [0.2, 0.25) is 0 Å². The smallest absolute Gasteiger partial charge is 0.262 e. The van der Waals surface area contributed by atoms with Gasteiger partial charge in [0.1, 0.15) is 17.3 Å². The highest BCUT2D eigenvalue weighted by atomic mass is 32.2. The number of amides is 1. The average molecular weight is 496 g/mol. The molecule has 35 heavy (non-hydrogen) atoms. The van der Waals surface area contributed by atoms with Crippen molar-refractivity contribution in [3.63, 3.8) is 0 Å². The number of carbonyl (C=O) groups is 1. The van der Waals surface area contributed by atoms with Crippen LogP contribution in [0.15, 0.2) is 82.1 Å². The van der Waals surface area contributed by atoms with Gasteiger partial charge in [0.05, 0.1) is 29.8 Å². The maximum Gasteiger partial charge on any atom is 0.262 e. The Morgan fingerprint density at radius 1 is 1.06 bits per heavy atom. The lowest BCUT2D eigenvalue weighted by atomic mass is 10.2. The van der Waals surface area contributed by atoms with Crippen LogP contribution in [0.4, 0.5) is 15.8 Å². The van der Waals surface area contributed by atoms with Gasteiger partial charge in [-0.15, -0.1) is 0 Å². The summed E-state index contributed by atoms with van der Waals surface area (Å²) in [6.45, 7) is 1.73. The molecule has 3 aromatic carbocycles. The molecule has 0 unspecified atom stereocenters. The van der Waals surface area contributed by atoms with Crippen LogP contribution in [0.5, 0.6) is 5.75 Å². The van der Waals surface area contributed by atoms with E-state index in [1.54, 1.807) is 13.0 Å². The molecule has 0 fully saturated rings. The van der Waals surface area contributed by atoms with Crippen LogP contribution in [0.25, 0.3) is 11.5 Å². The lowest BCUT2D eigenvalue weighted by molar-refractivity contribution is -0.115. The number of ether oxygens (including phenoxy) is 1. The Morgan fingerprint density at radius 3 is 2.46 bits per heavy atom. The van der Waals surface area contributed by atoms with Crippen molar-refractivity contribution in [2.75, 3.05) is 17.1 Å². The highest BCUT2D eigenvalue weighted by Crippen LogP contribution is 2.30. The Kier molecular flexibility index (Phi) is 6.83. The molecule has 1 heterocycles. The van der Waals surface area contributed by atoms with Crippen molar-refractivity contribution in [1.82, 2.24) is 4.98 Å². The molecule has 1 amide bonds. The van der Waals surface area contributed by atoms with E-state index in [0.717, 1.165) is 29.8 Å². The number of anilines is 2. The highest BCUT2D eigenvalue weighted by Gasteiger charge is 2.19. The largest absolute Gasteiger partial charge is 0.495 e. The second kappa shape index (κ2) is 9.98. The van der Waals surface area contributed by atoms with Crippen molar-refractivity contribution in [2.45, 2.75) is 18.2 Å². The van der Waals surface area contributed by atoms with E-state index in [1.165, 1.54) is 19.2 Å². The molecule has 4 aromatic rings. The van der Waals surface area contributed by atoms with E-state index in [1.807, 2.05) is 30.3 Å². The topological polar surface area (TPSA) is 111 Å². The SMILES string of the molecule is COc1ccc(NC(=O)Cc2nc(-c3ccccc3)oc2C)cc1NS(=O)(=O)c1ccc(F)cc1. The Hall–Kier alpha value is -4.18. The molecule has 8 nitrogen and oxygen atoms in total. The first kappa shape index (κ1) is 24.0. The first-order valence-electron chi connectivity index (χ1n) is 10.5. The maximum absolute atomic E-state index is 13.2. The van der Waals surface area contributed by atoms with E-state index in [4.69, 9.17) is 9.15 Å². The predicted molar refractivity (Wildman–Crippen MR) is 129 cm³/mol. The first-order chi connectivity index (χ1) is 16.7. The van der Waals surface area contributed by atoms with Gasteiger partial charge in [0, 0.05) is 11.3 Å². The van der Waals surface area contributed by atoms with Crippen LogP contribution in [0, 0.1) is 12.7 Å². The predicted octanol–water partition coefficient (Wildman–Crippen LogP) is 4.78. The lowest BCUT2D eigenvalue weighted by Gasteiger charge is -2.14. The third-order valence-electron chi connectivity index (χ3n) is 5.09. The summed E-state index contributed by atoms with van der Waals surface area (Å²) < 4.78 is 52.0. The number of methoxy groups -OCH3 is 1. The third-order valence-corrected chi connectivity index (χ3v) is 6.47. The summed E-state index contributed by atoms with van der Waals surface area (Å²) in [6, 6.07) is 18.3. The number of aryl methyl sites for hydroxylation is 1. The number of aromatic nitrogens is 1. The van der Waals surface area contributed by atoms with Gasteiger partial charge in [-0.2, -0.15) is 0 Å². The lowest BCUT2D eigenvalue weighted by Crippen LogP contribution is -2.16. The summed E-state index contributed by atoms with van der Waals surface area (Å²) in [5.41, 5.74) is 1.75. The number of benzene rings is 3. The van der Waals surface area contributed by atoms with Gasteiger partial charge in [0.25, 0.3) is 10.0 Å². The minimum Gasteiger partial charge on any atom is -0.495 e. The fraction of sp³-hybridized carbons (Fsp3) is 0.120. The van der Waals surface area contributed by atoms with Gasteiger partial charge in [-0.25, -0.2) is 17.8 Å². The molecule has 2 N–H and O–H groups in total. The zero-order valence-electron chi connectivity index (χ0n) is 18.9. The minimum absolute atomic E-state index is 0.0369. The Balaban J connectivity index is 1.50. The Morgan fingerprint density at radius 2 is 1.77 bits per heavy atom. The van der Waals surface area contributed by atoms with Gasteiger partial charge in [0.15, 0.2) is 0 Å². The molecule has 0 atom stereocenters. The fourth-order valence-corrected chi connectivity index (χ4v) is 4.40. The van der Waals surface area contributed by atoms with Crippen LogP contribution < -0.4 is 14.8 Å². The van der Waals surface area contributed by atoms with Crippen molar-refractivity contribution >= 4 is 27.3 Å². The summed E-state index contributed by atoms with van der Waals surface area (Å²) in [4.78, 5) is 17.0. The molecule has 0 radical (unpaired) electrons. The second-order valence-corrected chi connectivity index (χ2v) is 9.27. The summed E-state index contributed by atoms with van der Waals surface area (Å²) in [6.07, 6.45) is -0.0369. The van der Waals surface area contributed by atoms with Crippen LogP contribution in [-0.4, -0.2) is 26.4 Å². The van der Waals surface area contributed by atoms with Crippen LogP contribution in [0.3, 0.4) is 0 Å². The van der Waals surface area contributed by atoms with E-state index in [0.29, 0.717) is 23.0 Å². The molecule has 10 heteroatoms. The molecule has 1 aromatic heterocycles. The molecular formula is C25H22FN3O5S. The monoisotopic (exact) mass is 495 g/mol. The molecule has 4 rings (SSSR count). The van der Waals surface area contributed by atoms with Crippen molar-refractivity contribution < 1.29 is 26.8 Å². The van der Waals surface area contributed by atoms with Gasteiger partial charge in [-0.1, -0.05) is 18.2 Å². The van der Waals surface area contributed by atoms with E-state index >= 15 is 0 Å². The molecular weight excluding hydrogens is 473 g/mol. The fourth-order valence-electron chi connectivity index (χ4n) is 3.34. The minimum atomic E-state index is -4.02. The van der Waals surface area contributed by atoms with E-state index < -0.39 is 15.8 Å². The molecule has 0 saturated heterocycles. The van der Waals surface area contributed by atoms with E-state index in [-0.39, 0.29) is 28.7 Å². The van der Waals surface area contributed by atoms with Crippen molar-refractivity contribution in [1.29, 1.82) is 0 Å². The number of halogens is 1. The van der Waals surface area contributed by atoms with Crippen LogP contribution in [-0.2, 0) is 21.2 Å². The van der Waals surface area contributed by atoms with Crippen LogP contribution in [0.1, 0.15) is 11.5 Å². The van der Waals surface area contributed by atoms with Crippen molar-refractivity contribution in [2.24, 2.45) is 0 Å². The number of oxazole rings is 1. The Bertz CT molecular complexity index is 1450. The molecule has 0 aliphatic rings. The number of rotatable bonds is 8. The van der Waals surface area contributed by atoms with Crippen molar-refractivity contribution in [3.8, 4) is 17.2 Å². The number of nitrogens with one attached hydrogen (secondary N) is 2. The summed E-state index contributed by atoms with van der Waals surface area (Å²) >= 11 is 0. The molecule has 0 saturated carbocycles. The second-order valence-electron chi connectivity index (χ2n) is 7.59. The maximum atomic E-state index is 13.2. The molecule has 0 aliphatic heterocycles. The summed E-state index contributed by atoms with van der Waals surface area (Å²) in [7, 11) is -2.63. The number of carbonyl (C=O) groups excluding carboxylic acids is 1. The number of sulfonamides is 1. The van der Waals surface area contributed by atoms with Crippen molar-refractivity contribution in [3.05, 3.63) is 90.1 Å². The third kappa shape index (κ3) is 5.67. The van der Waals surface area contributed by atoms with Crippen LogP contribution >= 0.6 is 0 Å². The first-order valence-corrected chi connectivity index (χ1v) is 12.0. The molecule has 0 spiro atoms. The Labute approximate surface area is 201 Å². The number of hydrogen-bond acceptors (Lipinski definition) is 6. The van der Waals surface area contributed by atoms with E-state index in [9.17, 15) is 17.6 Å². The quantitative estimate of drug-likeness (QED) is 0.364. The van der Waals surface area contributed by atoms with Gasteiger partial charge < -0.3 is 14.5 Å². The van der Waals surface area contributed by atoms with Gasteiger partial charge in [-0.05, 0) is 61.5 Å². The normalized spacial score (nSPS) is 11.2. The number of nitrogens with zero attached hydrogens (tertiary/aromatic N) is 1. The zero-order chi connectivity index (χ0) is 25.0. The highest BCUT2D eigenvalue weighted by molar-refractivity contribution is 7.92. The molecule has 0 aliphatic carbocycles. The zero-order valence-corrected chi connectivity index (χ0v) is 19.7. The van der Waals surface area contributed by atoms with Gasteiger partial charge in [-0.3, -0.25) is 9.52 Å². The van der Waals surface area contributed by atoms with Gasteiger partial charge in [0.2, 0.25) is 11.8 Å². The van der Waals surface area contributed by atoms with E-state index in [2.05, 4.69) is 15.0 Å². The van der Waals surface area contributed by atoms with Gasteiger partial charge >= 0.3 is 0 Å². The average Bonchev–Trinajstić information content (AvgIpc) is 3.20. The molecule has 180 valence electrons. The summed E-state index contributed by atoms with van der Waals surface area (Å²) in [5.74, 6) is 0.283. The molecule has 0 bridgehead atoms. The standard InChI is InChI=1S/C25H22FN3O5S/c1-16-21(28-25(34-16)17-6-4-3-5-7-17)15-24(30)27-19-10-13-23(33-2)22(14-19)29-35(31,32)20-11-8-18(26)9-12-20/h3-14,29H,15H2,1-2H3,(H,27,30). The number of hydrogen-bond donors (Lipinski definition) is 2. The summed E-state index contributed by atoms with van der Waals surface area (Å²) in [5, 5.41) is 2.73.